The molecule has 7 nitrogen and oxygen atoms in total. The largest absolute Gasteiger partial charge is 0.506 e. The maximum absolute atomic E-state index is 14.7. The third-order valence-corrected chi connectivity index (χ3v) is 6.36. The van der Waals surface area contributed by atoms with E-state index in [1.807, 2.05) is 0 Å². The molecule has 1 saturated carbocycles. The van der Waals surface area contributed by atoms with Crippen LogP contribution < -0.4 is 5.32 Å². The minimum atomic E-state index is -0.407. The fourth-order valence-corrected chi connectivity index (χ4v) is 4.71. The van der Waals surface area contributed by atoms with Gasteiger partial charge in [0.2, 0.25) is 0 Å². The van der Waals surface area contributed by atoms with Crippen LogP contribution in [-0.4, -0.2) is 63.3 Å². The summed E-state index contributed by atoms with van der Waals surface area (Å²) in [6.45, 7) is 3.71. The number of pyridine rings is 1. The fourth-order valence-electron chi connectivity index (χ4n) is 4.71. The van der Waals surface area contributed by atoms with Crippen LogP contribution in [0.1, 0.15) is 25.7 Å². The maximum Gasteiger partial charge on any atom is 0.137 e. The SMILES string of the molecule is Oc1cncc(-c2cc3c(NC4CCC(N5CCOCC5)CC4)ncnc3cc2F)c1. The van der Waals surface area contributed by atoms with E-state index in [2.05, 4.69) is 25.2 Å². The first-order valence-electron chi connectivity index (χ1n) is 10.8. The Bertz CT molecular complexity index is 1070. The number of benzene rings is 1. The smallest absolute Gasteiger partial charge is 0.137 e. The van der Waals surface area contributed by atoms with E-state index in [1.165, 1.54) is 30.9 Å². The van der Waals surface area contributed by atoms with Gasteiger partial charge in [-0.3, -0.25) is 9.88 Å². The first-order chi connectivity index (χ1) is 15.2. The Hall–Kier alpha value is -2.84. The van der Waals surface area contributed by atoms with Gasteiger partial charge in [-0.15, -0.1) is 0 Å². The number of nitrogens with zero attached hydrogens (tertiary/aromatic N) is 4. The van der Waals surface area contributed by atoms with Crippen molar-refractivity contribution in [2.24, 2.45) is 0 Å². The first kappa shape index (κ1) is 20.1. The van der Waals surface area contributed by atoms with E-state index in [-0.39, 0.29) is 5.75 Å². The number of ether oxygens (including phenoxy) is 1. The summed E-state index contributed by atoms with van der Waals surface area (Å²) < 4.78 is 20.2. The van der Waals surface area contributed by atoms with Crippen LogP contribution in [0.4, 0.5) is 10.2 Å². The van der Waals surface area contributed by atoms with Crippen molar-refractivity contribution in [3.05, 3.63) is 42.7 Å². The average molecular weight is 423 g/mol. The van der Waals surface area contributed by atoms with Gasteiger partial charge in [0.15, 0.2) is 0 Å². The highest BCUT2D eigenvalue weighted by Crippen LogP contribution is 2.32. The molecule has 1 aliphatic heterocycles. The molecule has 2 fully saturated rings. The number of hydrogen-bond donors (Lipinski definition) is 2. The van der Waals surface area contributed by atoms with Gasteiger partial charge >= 0.3 is 0 Å². The minimum Gasteiger partial charge on any atom is -0.506 e. The van der Waals surface area contributed by atoms with Gasteiger partial charge in [-0.2, -0.15) is 0 Å². The van der Waals surface area contributed by atoms with Gasteiger partial charge in [0, 0.05) is 53.9 Å². The lowest BCUT2D eigenvalue weighted by molar-refractivity contribution is 0.00791. The molecule has 0 bridgehead atoms. The number of aromatic hydroxyl groups is 1. The molecule has 31 heavy (non-hydrogen) atoms. The summed E-state index contributed by atoms with van der Waals surface area (Å²) in [5, 5.41) is 14.1. The molecule has 2 aliphatic rings. The van der Waals surface area contributed by atoms with Crippen molar-refractivity contribution >= 4 is 16.7 Å². The molecule has 2 N–H and O–H groups in total. The zero-order valence-corrected chi connectivity index (χ0v) is 17.3. The normalized spacial score (nSPS) is 22.5. The van der Waals surface area contributed by atoms with Gasteiger partial charge in [-0.1, -0.05) is 0 Å². The Balaban J connectivity index is 1.36. The fraction of sp³-hybridized carbons (Fsp3) is 0.435. The Morgan fingerprint density at radius 3 is 2.61 bits per heavy atom. The molecule has 1 saturated heterocycles. The van der Waals surface area contributed by atoms with E-state index in [0.29, 0.717) is 34.5 Å². The predicted octanol–water partition coefficient (Wildman–Crippen LogP) is 3.59. The van der Waals surface area contributed by atoms with E-state index in [4.69, 9.17) is 4.74 Å². The number of rotatable bonds is 4. The molecule has 0 spiro atoms. The lowest BCUT2D eigenvalue weighted by Crippen LogP contribution is -2.46. The van der Waals surface area contributed by atoms with E-state index in [1.54, 1.807) is 6.07 Å². The predicted molar refractivity (Wildman–Crippen MR) is 116 cm³/mol. The minimum absolute atomic E-state index is 0.00307. The second-order valence-corrected chi connectivity index (χ2v) is 8.30. The first-order valence-corrected chi connectivity index (χ1v) is 10.8. The third-order valence-electron chi connectivity index (χ3n) is 6.36. The molecule has 0 atom stereocenters. The maximum atomic E-state index is 14.7. The summed E-state index contributed by atoms with van der Waals surface area (Å²) in [6, 6.07) is 5.61. The molecule has 0 amide bonds. The number of morpholine rings is 1. The molecule has 3 aromatic rings. The number of nitrogens with one attached hydrogen (secondary N) is 1. The summed E-state index contributed by atoms with van der Waals surface area (Å²) >= 11 is 0. The zero-order valence-electron chi connectivity index (χ0n) is 17.3. The number of hydrogen-bond acceptors (Lipinski definition) is 7. The van der Waals surface area contributed by atoms with Crippen LogP contribution in [0.2, 0.25) is 0 Å². The molecule has 3 heterocycles. The molecule has 1 aromatic carbocycles. The summed E-state index contributed by atoms with van der Waals surface area (Å²) in [5.74, 6) is 0.307. The second-order valence-electron chi connectivity index (χ2n) is 8.30. The molecular formula is C23H26FN5O2. The van der Waals surface area contributed by atoms with Gasteiger partial charge in [0.05, 0.1) is 24.9 Å². The van der Waals surface area contributed by atoms with Crippen molar-refractivity contribution in [3.8, 4) is 16.9 Å². The van der Waals surface area contributed by atoms with E-state index < -0.39 is 5.82 Å². The van der Waals surface area contributed by atoms with Gasteiger partial charge in [-0.25, -0.2) is 14.4 Å². The van der Waals surface area contributed by atoms with Gasteiger partial charge in [0.1, 0.15) is 23.7 Å². The van der Waals surface area contributed by atoms with Crippen LogP contribution in [0.25, 0.3) is 22.0 Å². The van der Waals surface area contributed by atoms with E-state index >= 15 is 0 Å². The number of aromatic nitrogens is 3. The van der Waals surface area contributed by atoms with Crippen molar-refractivity contribution in [2.45, 2.75) is 37.8 Å². The number of anilines is 1. The van der Waals surface area contributed by atoms with Crippen LogP contribution in [0, 0.1) is 5.82 Å². The standard InChI is InChI=1S/C23H26FN5O2/c24-21-11-22-20(10-19(21)15-9-18(30)13-25-12-15)23(27-14-26-22)28-16-1-3-17(4-2-16)29-5-7-31-8-6-29/h9-14,16-17,30H,1-8H2,(H,26,27,28). The highest BCUT2D eigenvalue weighted by atomic mass is 19.1. The molecule has 8 heteroatoms. The van der Waals surface area contributed by atoms with Gasteiger partial charge in [0.25, 0.3) is 0 Å². The molecule has 162 valence electrons. The number of halogens is 1. The summed E-state index contributed by atoms with van der Waals surface area (Å²) in [5.41, 5.74) is 1.43. The highest BCUT2D eigenvalue weighted by molar-refractivity contribution is 5.92. The van der Waals surface area contributed by atoms with Gasteiger partial charge < -0.3 is 15.2 Å². The highest BCUT2D eigenvalue weighted by Gasteiger charge is 2.27. The lowest BCUT2D eigenvalue weighted by atomic mass is 9.90. The van der Waals surface area contributed by atoms with Crippen molar-refractivity contribution in [3.63, 3.8) is 0 Å². The van der Waals surface area contributed by atoms with Crippen LogP contribution >= 0.6 is 0 Å². The second kappa shape index (κ2) is 8.72. The van der Waals surface area contributed by atoms with Crippen LogP contribution in [0.5, 0.6) is 5.75 Å². The van der Waals surface area contributed by atoms with Crippen LogP contribution in [0.15, 0.2) is 36.9 Å². The summed E-state index contributed by atoms with van der Waals surface area (Å²) in [7, 11) is 0. The molecule has 1 aliphatic carbocycles. The van der Waals surface area contributed by atoms with Crippen molar-refractivity contribution < 1.29 is 14.2 Å². The van der Waals surface area contributed by atoms with Crippen molar-refractivity contribution in [1.29, 1.82) is 0 Å². The molecule has 0 unspecified atom stereocenters. The average Bonchev–Trinajstić information content (AvgIpc) is 2.80. The van der Waals surface area contributed by atoms with Crippen LogP contribution in [0.3, 0.4) is 0 Å². The Morgan fingerprint density at radius 1 is 1.03 bits per heavy atom. The van der Waals surface area contributed by atoms with E-state index in [0.717, 1.165) is 57.4 Å². The van der Waals surface area contributed by atoms with Gasteiger partial charge in [-0.05, 0) is 37.8 Å². The number of fused-ring (bicyclic) bond motifs is 1. The van der Waals surface area contributed by atoms with E-state index in [9.17, 15) is 9.50 Å². The quantitative estimate of drug-likeness (QED) is 0.663. The molecule has 5 rings (SSSR count). The summed E-state index contributed by atoms with van der Waals surface area (Å²) in [4.78, 5) is 15.2. The zero-order chi connectivity index (χ0) is 21.2. The topological polar surface area (TPSA) is 83.4 Å². The van der Waals surface area contributed by atoms with Crippen molar-refractivity contribution in [2.75, 3.05) is 31.6 Å². The Labute approximate surface area is 180 Å². The molecular weight excluding hydrogens is 397 g/mol. The monoisotopic (exact) mass is 423 g/mol. The lowest BCUT2D eigenvalue weighted by Gasteiger charge is -2.39. The molecule has 0 radical (unpaired) electrons. The summed E-state index contributed by atoms with van der Waals surface area (Å²) in [6.07, 6.45) is 8.76. The third kappa shape index (κ3) is 4.31. The van der Waals surface area contributed by atoms with Crippen LogP contribution in [-0.2, 0) is 4.74 Å². The van der Waals surface area contributed by atoms with Crippen molar-refractivity contribution in [1.82, 2.24) is 19.9 Å². The molecule has 2 aromatic heterocycles. The Morgan fingerprint density at radius 2 is 1.84 bits per heavy atom. The Kier molecular flexibility index (Phi) is 5.65.